The van der Waals surface area contributed by atoms with Crippen LogP contribution in [-0.4, -0.2) is 9.78 Å². The first-order valence-corrected chi connectivity index (χ1v) is 3.66. The van der Waals surface area contributed by atoms with E-state index in [-0.39, 0.29) is 0 Å². The summed E-state index contributed by atoms with van der Waals surface area (Å²) in [5, 5.41) is 4.30. The molecule has 2 heterocycles. The minimum absolute atomic E-state index is 0.569. The normalized spacial score (nSPS) is 15.7. The van der Waals surface area contributed by atoms with Gasteiger partial charge in [0.25, 0.3) is 0 Å². The number of nitrogens with two attached hydrogens (primary N) is 1. The topological polar surface area (TPSA) is 43.8 Å². The van der Waals surface area contributed by atoms with Gasteiger partial charge < -0.3 is 5.73 Å². The summed E-state index contributed by atoms with van der Waals surface area (Å²) in [7, 11) is 0. The standard InChI is InChI=1S/C7H11N3/c8-5-6-4-7-2-1-3-10(7)9-6/h4H,1-3,5,8H2. The Morgan fingerprint density at radius 1 is 1.70 bits per heavy atom. The number of hydrogen-bond acceptors (Lipinski definition) is 2. The summed E-state index contributed by atoms with van der Waals surface area (Å²) in [5.74, 6) is 0. The van der Waals surface area contributed by atoms with Crippen molar-refractivity contribution < 1.29 is 0 Å². The molecule has 0 spiro atoms. The Bertz CT molecular complexity index is 217. The highest BCUT2D eigenvalue weighted by Crippen LogP contribution is 2.14. The van der Waals surface area contributed by atoms with Crippen molar-refractivity contribution in [1.82, 2.24) is 9.78 Å². The summed E-state index contributed by atoms with van der Waals surface area (Å²) in [5.41, 5.74) is 7.81. The first-order valence-electron chi connectivity index (χ1n) is 3.66. The molecule has 2 rings (SSSR count). The Morgan fingerprint density at radius 2 is 2.60 bits per heavy atom. The molecule has 0 aliphatic carbocycles. The second-order valence-corrected chi connectivity index (χ2v) is 2.66. The van der Waals surface area contributed by atoms with Crippen LogP contribution in [0.25, 0.3) is 0 Å². The van der Waals surface area contributed by atoms with Crippen LogP contribution in [0.2, 0.25) is 0 Å². The molecule has 0 unspecified atom stereocenters. The van der Waals surface area contributed by atoms with E-state index >= 15 is 0 Å². The lowest BCUT2D eigenvalue weighted by Crippen LogP contribution is -2.00. The number of nitrogens with zero attached hydrogens (tertiary/aromatic N) is 2. The molecule has 1 aliphatic rings. The lowest BCUT2D eigenvalue weighted by atomic mass is 10.3. The maximum Gasteiger partial charge on any atom is 0.0763 e. The minimum atomic E-state index is 0.569. The highest BCUT2D eigenvalue weighted by molar-refractivity contribution is 5.12. The van der Waals surface area contributed by atoms with Crippen LogP contribution in [0, 0.1) is 0 Å². The number of aryl methyl sites for hydroxylation is 2. The van der Waals surface area contributed by atoms with Gasteiger partial charge in [0, 0.05) is 18.8 Å². The van der Waals surface area contributed by atoms with E-state index in [0.29, 0.717) is 6.54 Å². The Labute approximate surface area is 59.8 Å². The van der Waals surface area contributed by atoms with Gasteiger partial charge in [0.05, 0.1) is 5.69 Å². The summed E-state index contributed by atoms with van der Waals surface area (Å²) in [6, 6.07) is 2.10. The average Bonchev–Trinajstić information content (AvgIpc) is 2.42. The van der Waals surface area contributed by atoms with Crippen molar-refractivity contribution in [1.29, 1.82) is 0 Å². The van der Waals surface area contributed by atoms with Gasteiger partial charge in [-0.2, -0.15) is 5.10 Å². The van der Waals surface area contributed by atoms with Crippen LogP contribution in [0.5, 0.6) is 0 Å². The van der Waals surface area contributed by atoms with E-state index in [4.69, 9.17) is 5.73 Å². The maximum atomic E-state index is 5.44. The van der Waals surface area contributed by atoms with Crippen molar-refractivity contribution in [3.8, 4) is 0 Å². The predicted octanol–water partition coefficient (Wildman–Crippen LogP) is 0.288. The zero-order valence-electron chi connectivity index (χ0n) is 5.88. The second kappa shape index (κ2) is 2.09. The number of fused-ring (bicyclic) bond motifs is 1. The molecule has 0 bridgehead atoms. The van der Waals surface area contributed by atoms with Crippen LogP contribution in [0.1, 0.15) is 17.8 Å². The van der Waals surface area contributed by atoms with E-state index in [1.807, 2.05) is 0 Å². The largest absolute Gasteiger partial charge is 0.325 e. The lowest BCUT2D eigenvalue weighted by Gasteiger charge is -1.90. The van der Waals surface area contributed by atoms with Gasteiger partial charge in [-0.25, -0.2) is 0 Å². The summed E-state index contributed by atoms with van der Waals surface area (Å²) < 4.78 is 2.06. The summed E-state index contributed by atoms with van der Waals surface area (Å²) in [4.78, 5) is 0. The number of aromatic nitrogens is 2. The van der Waals surface area contributed by atoms with Gasteiger partial charge in [0.15, 0.2) is 0 Å². The second-order valence-electron chi connectivity index (χ2n) is 2.66. The smallest absolute Gasteiger partial charge is 0.0763 e. The summed E-state index contributed by atoms with van der Waals surface area (Å²) in [6.45, 7) is 1.65. The van der Waals surface area contributed by atoms with Crippen LogP contribution in [0.3, 0.4) is 0 Å². The van der Waals surface area contributed by atoms with Crippen LogP contribution < -0.4 is 5.73 Å². The van der Waals surface area contributed by atoms with Gasteiger partial charge in [-0.3, -0.25) is 4.68 Å². The molecule has 0 radical (unpaired) electrons. The monoisotopic (exact) mass is 137 g/mol. The molecule has 0 atom stereocenters. The van der Waals surface area contributed by atoms with E-state index in [1.54, 1.807) is 0 Å². The fourth-order valence-corrected chi connectivity index (χ4v) is 1.42. The Kier molecular flexibility index (Phi) is 1.24. The zero-order chi connectivity index (χ0) is 6.97. The van der Waals surface area contributed by atoms with Gasteiger partial charge in [-0.15, -0.1) is 0 Å². The third kappa shape index (κ3) is 0.743. The maximum absolute atomic E-state index is 5.44. The molecule has 1 aliphatic heterocycles. The highest BCUT2D eigenvalue weighted by atomic mass is 15.3. The van der Waals surface area contributed by atoms with Gasteiger partial charge in [-0.1, -0.05) is 0 Å². The highest BCUT2D eigenvalue weighted by Gasteiger charge is 2.11. The molecule has 10 heavy (non-hydrogen) atoms. The molecule has 3 heteroatoms. The minimum Gasteiger partial charge on any atom is -0.325 e. The molecular weight excluding hydrogens is 126 g/mol. The molecule has 3 nitrogen and oxygen atoms in total. The molecular formula is C7H11N3. The van der Waals surface area contributed by atoms with E-state index in [0.717, 1.165) is 12.2 Å². The molecule has 0 amide bonds. The van der Waals surface area contributed by atoms with E-state index < -0.39 is 0 Å². The molecule has 54 valence electrons. The Morgan fingerprint density at radius 3 is 3.30 bits per heavy atom. The zero-order valence-corrected chi connectivity index (χ0v) is 5.88. The molecule has 0 aromatic carbocycles. The van der Waals surface area contributed by atoms with E-state index in [1.165, 1.54) is 18.5 Å². The molecule has 1 aromatic rings. The third-order valence-corrected chi connectivity index (χ3v) is 1.93. The van der Waals surface area contributed by atoms with Crippen LogP contribution >= 0.6 is 0 Å². The van der Waals surface area contributed by atoms with Crippen molar-refractivity contribution >= 4 is 0 Å². The fourth-order valence-electron chi connectivity index (χ4n) is 1.42. The SMILES string of the molecule is NCc1cc2n(n1)CCC2. The molecule has 2 N–H and O–H groups in total. The summed E-state index contributed by atoms with van der Waals surface area (Å²) in [6.07, 6.45) is 2.42. The van der Waals surface area contributed by atoms with Crippen molar-refractivity contribution in [3.63, 3.8) is 0 Å². The molecule has 1 aromatic heterocycles. The summed E-state index contributed by atoms with van der Waals surface area (Å²) >= 11 is 0. The van der Waals surface area contributed by atoms with Crippen molar-refractivity contribution in [2.45, 2.75) is 25.9 Å². The quantitative estimate of drug-likeness (QED) is 0.604. The van der Waals surface area contributed by atoms with Gasteiger partial charge in [-0.05, 0) is 18.9 Å². The molecule has 0 saturated carbocycles. The van der Waals surface area contributed by atoms with E-state index in [9.17, 15) is 0 Å². The average molecular weight is 137 g/mol. The molecule has 0 saturated heterocycles. The Hall–Kier alpha value is -0.830. The fraction of sp³-hybridized carbons (Fsp3) is 0.571. The van der Waals surface area contributed by atoms with Crippen LogP contribution in [-0.2, 0) is 19.5 Å². The first kappa shape index (κ1) is 5.92. The van der Waals surface area contributed by atoms with Gasteiger partial charge in [0.1, 0.15) is 0 Å². The lowest BCUT2D eigenvalue weighted by molar-refractivity contribution is 0.644. The predicted molar refractivity (Wildman–Crippen MR) is 38.4 cm³/mol. The van der Waals surface area contributed by atoms with Crippen molar-refractivity contribution in [2.75, 3.05) is 0 Å². The van der Waals surface area contributed by atoms with Crippen molar-refractivity contribution in [3.05, 3.63) is 17.5 Å². The third-order valence-electron chi connectivity index (χ3n) is 1.93. The first-order chi connectivity index (χ1) is 4.90. The van der Waals surface area contributed by atoms with Crippen LogP contribution in [0.15, 0.2) is 6.07 Å². The van der Waals surface area contributed by atoms with Gasteiger partial charge in [0.2, 0.25) is 0 Å². The van der Waals surface area contributed by atoms with Crippen LogP contribution in [0.4, 0.5) is 0 Å². The number of rotatable bonds is 1. The van der Waals surface area contributed by atoms with Gasteiger partial charge >= 0.3 is 0 Å². The molecule has 0 fully saturated rings. The van der Waals surface area contributed by atoms with Crippen molar-refractivity contribution in [2.24, 2.45) is 5.73 Å². The number of hydrogen-bond donors (Lipinski definition) is 1. The Balaban J connectivity index is 2.37. The van der Waals surface area contributed by atoms with E-state index in [2.05, 4.69) is 15.8 Å².